The Bertz CT molecular complexity index is 970. The lowest BCUT2D eigenvalue weighted by atomic mass is 9.98. The fraction of sp³-hybridized carbons (Fsp3) is 0.450. The van der Waals surface area contributed by atoms with Crippen LogP contribution in [0.15, 0.2) is 35.1 Å². The molecule has 0 unspecified atom stereocenters. The second-order valence-corrected chi connectivity index (χ2v) is 8.54. The van der Waals surface area contributed by atoms with E-state index in [-0.39, 0.29) is 11.0 Å². The smallest absolute Gasteiger partial charge is 0.275 e. The van der Waals surface area contributed by atoms with Gasteiger partial charge in [0.15, 0.2) is 0 Å². The SMILES string of the molecule is CCN(Cc1ccc(OC)cc1)Cc1cc(=O)n2nc(C(C)(C)C)sc2n1. The minimum absolute atomic E-state index is 0.102. The Morgan fingerprint density at radius 2 is 1.89 bits per heavy atom. The summed E-state index contributed by atoms with van der Waals surface area (Å²) < 4.78 is 6.62. The lowest BCUT2D eigenvalue weighted by Crippen LogP contribution is -2.25. The van der Waals surface area contributed by atoms with Gasteiger partial charge in [-0.05, 0) is 24.2 Å². The number of methoxy groups -OCH3 is 1. The maximum atomic E-state index is 12.5. The van der Waals surface area contributed by atoms with E-state index in [0.717, 1.165) is 29.5 Å². The third kappa shape index (κ3) is 4.54. The zero-order valence-electron chi connectivity index (χ0n) is 16.5. The average Bonchev–Trinajstić information content (AvgIpc) is 3.07. The van der Waals surface area contributed by atoms with E-state index in [0.29, 0.717) is 11.5 Å². The highest BCUT2D eigenvalue weighted by Gasteiger charge is 2.20. The Morgan fingerprint density at radius 3 is 2.48 bits per heavy atom. The third-order valence-electron chi connectivity index (χ3n) is 4.34. The van der Waals surface area contributed by atoms with Crippen LogP contribution in [0.1, 0.15) is 44.0 Å². The van der Waals surface area contributed by atoms with Crippen molar-refractivity contribution < 1.29 is 4.74 Å². The topological polar surface area (TPSA) is 59.7 Å². The zero-order valence-corrected chi connectivity index (χ0v) is 17.3. The van der Waals surface area contributed by atoms with Crippen LogP contribution < -0.4 is 10.3 Å². The molecule has 0 bridgehead atoms. The molecule has 0 radical (unpaired) electrons. The molecule has 27 heavy (non-hydrogen) atoms. The lowest BCUT2D eigenvalue weighted by molar-refractivity contribution is 0.268. The zero-order chi connectivity index (χ0) is 19.6. The molecule has 0 atom stereocenters. The van der Waals surface area contributed by atoms with E-state index in [1.54, 1.807) is 13.2 Å². The standard InChI is InChI=1S/C20H26N4O2S/c1-6-23(12-14-7-9-16(26-5)10-8-14)13-15-11-17(25)24-19(21-15)27-18(22-24)20(2,3)4/h7-11H,6,12-13H2,1-5H3. The normalized spacial score (nSPS) is 12.1. The van der Waals surface area contributed by atoms with E-state index < -0.39 is 0 Å². The summed E-state index contributed by atoms with van der Waals surface area (Å²) in [6.07, 6.45) is 0. The molecule has 0 aliphatic heterocycles. The maximum Gasteiger partial charge on any atom is 0.275 e. The first-order chi connectivity index (χ1) is 12.8. The molecular formula is C20H26N4O2S. The summed E-state index contributed by atoms with van der Waals surface area (Å²) in [7, 11) is 1.66. The molecule has 6 nitrogen and oxygen atoms in total. The van der Waals surface area contributed by atoms with Crippen LogP contribution in [0.3, 0.4) is 0 Å². The van der Waals surface area contributed by atoms with E-state index >= 15 is 0 Å². The second kappa shape index (κ2) is 7.78. The highest BCUT2D eigenvalue weighted by Crippen LogP contribution is 2.26. The van der Waals surface area contributed by atoms with Crippen molar-refractivity contribution in [3.8, 4) is 5.75 Å². The van der Waals surface area contributed by atoms with Crippen LogP contribution in [-0.4, -0.2) is 33.2 Å². The molecule has 2 heterocycles. The highest BCUT2D eigenvalue weighted by molar-refractivity contribution is 7.16. The maximum absolute atomic E-state index is 12.5. The summed E-state index contributed by atoms with van der Waals surface area (Å²) in [5.74, 6) is 0.849. The molecule has 0 spiro atoms. The van der Waals surface area contributed by atoms with E-state index in [4.69, 9.17) is 4.74 Å². The summed E-state index contributed by atoms with van der Waals surface area (Å²) >= 11 is 1.48. The van der Waals surface area contributed by atoms with Gasteiger partial charge in [0, 0.05) is 24.6 Å². The van der Waals surface area contributed by atoms with Crippen LogP contribution in [0, 0.1) is 0 Å². The molecule has 0 saturated heterocycles. The largest absolute Gasteiger partial charge is 0.497 e. The van der Waals surface area contributed by atoms with Gasteiger partial charge >= 0.3 is 0 Å². The van der Waals surface area contributed by atoms with Crippen LogP contribution in [0.25, 0.3) is 4.96 Å². The summed E-state index contributed by atoms with van der Waals surface area (Å²) in [5, 5.41) is 5.35. The number of rotatable bonds is 6. The van der Waals surface area contributed by atoms with Gasteiger partial charge in [-0.2, -0.15) is 9.61 Å². The van der Waals surface area contributed by atoms with Crippen molar-refractivity contribution >= 4 is 16.3 Å². The van der Waals surface area contributed by atoms with Gasteiger partial charge < -0.3 is 4.74 Å². The molecular weight excluding hydrogens is 360 g/mol. The van der Waals surface area contributed by atoms with Gasteiger partial charge in [0.2, 0.25) is 4.96 Å². The van der Waals surface area contributed by atoms with E-state index in [1.165, 1.54) is 21.4 Å². The van der Waals surface area contributed by atoms with Crippen LogP contribution in [0.5, 0.6) is 5.75 Å². The Labute approximate surface area is 163 Å². The predicted octanol–water partition coefficient (Wildman–Crippen LogP) is 3.48. The number of fused-ring (bicyclic) bond motifs is 1. The van der Waals surface area contributed by atoms with Gasteiger partial charge in [-0.25, -0.2) is 4.98 Å². The van der Waals surface area contributed by atoms with E-state index in [2.05, 4.69) is 54.8 Å². The lowest BCUT2D eigenvalue weighted by Gasteiger charge is -2.20. The number of nitrogens with zero attached hydrogens (tertiary/aromatic N) is 4. The Hall–Kier alpha value is -2.25. The fourth-order valence-electron chi connectivity index (χ4n) is 2.74. The van der Waals surface area contributed by atoms with Crippen molar-refractivity contribution in [2.75, 3.05) is 13.7 Å². The molecule has 2 aromatic heterocycles. The Morgan fingerprint density at radius 1 is 1.19 bits per heavy atom. The predicted molar refractivity (Wildman–Crippen MR) is 109 cm³/mol. The molecule has 7 heteroatoms. The molecule has 0 saturated carbocycles. The quantitative estimate of drug-likeness (QED) is 0.649. The molecule has 0 aliphatic carbocycles. The number of benzene rings is 1. The van der Waals surface area contributed by atoms with Crippen molar-refractivity contribution in [2.24, 2.45) is 0 Å². The van der Waals surface area contributed by atoms with Crippen LogP contribution >= 0.6 is 11.3 Å². The van der Waals surface area contributed by atoms with Crippen molar-refractivity contribution in [2.45, 2.75) is 46.2 Å². The summed E-state index contributed by atoms with van der Waals surface area (Å²) in [5.41, 5.74) is 1.75. The van der Waals surface area contributed by atoms with Crippen molar-refractivity contribution in [3.05, 3.63) is 57.0 Å². The van der Waals surface area contributed by atoms with Crippen molar-refractivity contribution in [3.63, 3.8) is 0 Å². The minimum atomic E-state index is -0.123. The van der Waals surface area contributed by atoms with E-state index in [1.807, 2.05) is 12.1 Å². The molecule has 0 N–H and O–H groups in total. The van der Waals surface area contributed by atoms with Gasteiger partial charge in [0.1, 0.15) is 10.8 Å². The second-order valence-electron chi connectivity index (χ2n) is 7.59. The highest BCUT2D eigenvalue weighted by atomic mass is 32.1. The summed E-state index contributed by atoms with van der Waals surface area (Å²) in [6, 6.07) is 9.64. The van der Waals surface area contributed by atoms with Gasteiger partial charge in [-0.1, -0.05) is 51.2 Å². The van der Waals surface area contributed by atoms with Crippen molar-refractivity contribution in [1.82, 2.24) is 19.5 Å². The molecule has 144 valence electrons. The molecule has 0 aliphatic rings. The van der Waals surface area contributed by atoms with Gasteiger partial charge in [-0.15, -0.1) is 0 Å². The average molecular weight is 387 g/mol. The number of hydrogen-bond donors (Lipinski definition) is 0. The summed E-state index contributed by atoms with van der Waals surface area (Å²) in [6.45, 7) is 10.6. The van der Waals surface area contributed by atoms with Crippen LogP contribution in [0.4, 0.5) is 0 Å². The van der Waals surface area contributed by atoms with Gasteiger partial charge in [-0.3, -0.25) is 9.69 Å². The van der Waals surface area contributed by atoms with Crippen molar-refractivity contribution in [1.29, 1.82) is 0 Å². The number of aromatic nitrogens is 3. The molecule has 1 aromatic carbocycles. The Balaban J connectivity index is 1.82. The minimum Gasteiger partial charge on any atom is -0.497 e. The molecule has 3 aromatic rings. The van der Waals surface area contributed by atoms with E-state index in [9.17, 15) is 4.79 Å². The first-order valence-electron chi connectivity index (χ1n) is 9.05. The third-order valence-corrected chi connectivity index (χ3v) is 5.67. The van der Waals surface area contributed by atoms with Gasteiger partial charge in [0.25, 0.3) is 5.56 Å². The monoisotopic (exact) mass is 386 g/mol. The molecule has 3 rings (SSSR count). The first-order valence-corrected chi connectivity index (χ1v) is 9.87. The Kier molecular flexibility index (Phi) is 5.62. The fourth-order valence-corrected chi connectivity index (χ4v) is 3.72. The number of hydrogen-bond acceptors (Lipinski definition) is 6. The number of ether oxygens (including phenoxy) is 1. The summed E-state index contributed by atoms with van der Waals surface area (Å²) in [4.78, 5) is 20.1. The van der Waals surface area contributed by atoms with Crippen LogP contribution in [-0.2, 0) is 18.5 Å². The molecule has 0 amide bonds. The first kappa shape index (κ1) is 19.5. The van der Waals surface area contributed by atoms with Crippen LogP contribution in [0.2, 0.25) is 0 Å². The van der Waals surface area contributed by atoms with Gasteiger partial charge in [0.05, 0.1) is 12.8 Å². The molecule has 0 fully saturated rings.